The van der Waals surface area contributed by atoms with Crippen molar-refractivity contribution in [3.63, 3.8) is 0 Å². The van der Waals surface area contributed by atoms with Gasteiger partial charge < -0.3 is 14.2 Å². The van der Waals surface area contributed by atoms with Crippen molar-refractivity contribution in [2.75, 3.05) is 7.11 Å². The molecule has 0 aliphatic carbocycles. The molecule has 0 spiro atoms. The summed E-state index contributed by atoms with van der Waals surface area (Å²) in [6, 6.07) is 14.3. The first-order chi connectivity index (χ1) is 11.1. The highest BCUT2D eigenvalue weighted by Gasteiger charge is 2.42. The lowest BCUT2D eigenvalue weighted by Gasteiger charge is -2.32. The third kappa shape index (κ3) is 2.77. The number of carbonyl (C=O) groups is 2. The molecular weight excluding hydrogens is 296 g/mol. The number of ether oxygens (including phenoxy) is 3. The van der Waals surface area contributed by atoms with E-state index >= 15 is 0 Å². The van der Waals surface area contributed by atoms with E-state index in [-0.39, 0.29) is 5.78 Å². The van der Waals surface area contributed by atoms with Gasteiger partial charge in [-0.15, -0.1) is 0 Å². The van der Waals surface area contributed by atoms with E-state index in [9.17, 15) is 9.59 Å². The normalized spacial score (nSPS) is 19.5. The summed E-state index contributed by atoms with van der Waals surface area (Å²) in [7, 11) is 1.48. The van der Waals surface area contributed by atoms with E-state index < -0.39 is 18.2 Å². The molecule has 0 fully saturated rings. The van der Waals surface area contributed by atoms with Crippen molar-refractivity contribution in [3.8, 4) is 11.5 Å². The van der Waals surface area contributed by atoms with E-state index in [1.165, 1.54) is 14.0 Å². The number of methoxy groups -OCH3 is 1. The van der Waals surface area contributed by atoms with Crippen molar-refractivity contribution < 1.29 is 23.8 Å². The first-order valence-electron chi connectivity index (χ1n) is 7.22. The van der Waals surface area contributed by atoms with Crippen molar-refractivity contribution in [3.05, 3.63) is 59.7 Å². The Labute approximate surface area is 133 Å². The summed E-state index contributed by atoms with van der Waals surface area (Å²) >= 11 is 0. The van der Waals surface area contributed by atoms with E-state index in [1.807, 2.05) is 30.3 Å². The fourth-order valence-corrected chi connectivity index (χ4v) is 2.68. The second-order valence-corrected chi connectivity index (χ2v) is 5.18. The van der Waals surface area contributed by atoms with Crippen molar-refractivity contribution >= 4 is 11.8 Å². The minimum atomic E-state index is -1.04. The molecule has 5 nitrogen and oxygen atoms in total. The summed E-state index contributed by atoms with van der Waals surface area (Å²) in [4.78, 5) is 24.3. The number of esters is 1. The molecule has 2 aromatic rings. The first kappa shape index (κ1) is 15.1. The smallest absolute Gasteiger partial charge is 0.303 e. The lowest BCUT2D eigenvalue weighted by molar-refractivity contribution is -0.148. The minimum Gasteiger partial charge on any atom is -0.496 e. The van der Waals surface area contributed by atoms with Crippen LogP contribution in [0.5, 0.6) is 11.5 Å². The SMILES string of the molecule is COc1cccc2c1C(=O)C(OC(C)=O)C(c1ccccc1)O2. The number of fused-ring (bicyclic) bond motifs is 1. The van der Waals surface area contributed by atoms with Gasteiger partial charge in [0.2, 0.25) is 11.9 Å². The predicted octanol–water partition coefficient (Wildman–Crippen LogP) is 2.94. The Morgan fingerprint density at radius 1 is 1.09 bits per heavy atom. The van der Waals surface area contributed by atoms with Gasteiger partial charge in [0.25, 0.3) is 0 Å². The van der Waals surface area contributed by atoms with Crippen LogP contribution in [0, 0.1) is 0 Å². The number of hydrogen-bond donors (Lipinski definition) is 0. The largest absolute Gasteiger partial charge is 0.496 e. The number of hydrogen-bond acceptors (Lipinski definition) is 5. The summed E-state index contributed by atoms with van der Waals surface area (Å²) in [5.74, 6) is -0.0400. The Morgan fingerprint density at radius 3 is 2.48 bits per heavy atom. The van der Waals surface area contributed by atoms with E-state index in [4.69, 9.17) is 14.2 Å². The molecule has 1 heterocycles. The fraction of sp³-hybridized carbons (Fsp3) is 0.222. The minimum absolute atomic E-state index is 0.299. The molecule has 2 atom stereocenters. The molecule has 0 radical (unpaired) electrons. The van der Waals surface area contributed by atoms with E-state index in [2.05, 4.69) is 0 Å². The molecule has 118 valence electrons. The molecule has 0 aromatic heterocycles. The summed E-state index contributed by atoms with van der Waals surface area (Å²) in [6.45, 7) is 1.27. The first-order valence-corrected chi connectivity index (χ1v) is 7.22. The van der Waals surface area contributed by atoms with Crippen LogP contribution < -0.4 is 9.47 Å². The second-order valence-electron chi connectivity index (χ2n) is 5.18. The van der Waals surface area contributed by atoms with Gasteiger partial charge in [-0.1, -0.05) is 36.4 Å². The molecule has 0 N–H and O–H groups in total. The maximum Gasteiger partial charge on any atom is 0.303 e. The van der Waals surface area contributed by atoms with E-state index in [0.717, 1.165) is 5.56 Å². The van der Waals surface area contributed by atoms with E-state index in [0.29, 0.717) is 17.1 Å². The Morgan fingerprint density at radius 2 is 1.83 bits per heavy atom. The van der Waals surface area contributed by atoms with Crippen LogP contribution in [0.2, 0.25) is 0 Å². The number of rotatable bonds is 3. The number of benzene rings is 2. The zero-order valence-corrected chi connectivity index (χ0v) is 12.8. The lowest BCUT2D eigenvalue weighted by Crippen LogP contribution is -2.39. The van der Waals surface area contributed by atoms with Crippen molar-refractivity contribution in [1.82, 2.24) is 0 Å². The quantitative estimate of drug-likeness (QED) is 0.815. The zero-order chi connectivity index (χ0) is 16.4. The van der Waals surface area contributed by atoms with Crippen LogP contribution in [0.4, 0.5) is 0 Å². The van der Waals surface area contributed by atoms with Crippen LogP contribution in [-0.2, 0) is 9.53 Å². The van der Waals surface area contributed by atoms with Crippen LogP contribution in [0.15, 0.2) is 48.5 Å². The Hall–Kier alpha value is -2.82. The zero-order valence-electron chi connectivity index (χ0n) is 12.8. The topological polar surface area (TPSA) is 61.8 Å². The number of carbonyl (C=O) groups excluding carboxylic acids is 2. The van der Waals surface area contributed by atoms with Crippen molar-refractivity contribution in [2.45, 2.75) is 19.1 Å². The molecule has 1 aliphatic heterocycles. The highest BCUT2D eigenvalue weighted by atomic mass is 16.6. The monoisotopic (exact) mass is 312 g/mol. The van der Waals surface area contributed by atoms with Gasteiger partial charge >= 0.3 is 5.97 Å². The van der Waals surface area contributed by atoms with Crippen LogP contribution in [0.1, 0.15) is 28.9 Å². The van der Waals surface area contributed by atoms with Gasteiger partial charge in [0.05, 0.1) is 7.11 Å². The molecule has 3 rings (SSSR count). The molecular formula is C18H16O5. The standard InChI is InChI=1S/C18H16O5/c1-11(19)22-18-16(20)15-13(21-2)9-6-10-14(15)23-17(18)12-7-4-3-5-8-12/h3-10,17-18H,1-2H3. The molecule has 1 aliphatic rings. The highest BCUT2D eigenvalue weighted by Crippen LogP contribution is 2.40. The molecule has 0 bridgehead atoms. The molecule has 2 aromatic carbocycles. The van der Waals surface area contributed by atoms with Gasteiger partial charge in [-0.3, -0.25) is 9.59 Å². The van der Waals surface area contributed by atoms with Gasteiger partial charge in [0.15, 0.2) is 6.10 Å². The van der Waals surface area contributed by atoms with Gasteiger partial charge in [-0.05, 0) is 17.7 Å². The van der Waals surface area contributed by atoms with Gasteiger partial charge in [-0.2, -0.15) is 0 Å². The third-order valence-corrected chi connectivity index (χ3v) is 3.66. The number of Topliss-reactive ketones (excluding diaryl/α,β-unsaturated/α-hetero) is 1. The maximum absolute atomic E-state index is 12.9. The van der Waals surface area contributed by atoms with Crippen LogP contribution >= 0.6 is 0 Å². The summed E-state index contributed by atoms with van der Waals surface area (Å²) < 4.78 is 16.5. The molecule has 23 heavy (non-hydrogen) atoms. The van der Waals surface area contributed by atoms with Crippen molar-refractivity contribution in [1.29, 1.82) is 0 Å². The summed E-state index contributed by atoms with van der Waals surface area (Å²) in [5.41, 5.74) is 1.06. The van der Waals surface area contributed by atoms with E-state index in [1.54, 1.807) is 18.2 Å². The molecule has 0 saturated carbocycles. The molecule has 0 saturated heterocycles. The molecule has 5 heteroatoms. The van der Waals surface area contributed by atoms with Crippen LogP contribution in [0.3, 0.4) is 0 Å². The lowest BCUT2D eigenvalue weighted by atomic mass is 9.93. The summed E-state index contributed by atoms with van der Waals surface area (Å²) in [5, 5.41) is 0. The Kier molecular flexibility index (Phi) is 4.02. The average molecular weight is 312 g/mol. The Balaban J connectivity index is 2.10. The summed E-state index contributed by atoms with van der Waals surface area (Å²) in [6.07, 6.45) is -1.73. The highest BCUT2D eigenvalue weighted by molar-refractivity contribution is 6.06. The predicted molar refractivity (Wildman–Crippen MR) is 82.7 cm³/mol. The van der Waals surface area contributed by atoms with Gasteiger partial charge in [-0.25, -0.2) is 0 Å². The van der Waals surface area contributed by atoms with Gasteiger partial charge in [0.1, 0.15) is 17.1 Å². The third-order valence-electron chi connectivity index (χ3n) is 3.66. The molecule has 0 amide bonds. The average Bonchev–Trinajstić information content (AvgIpc) is 2.57. The Bertz CT molecular complexity index is 738. The van der Waals surface area contributed by atoms with Gasteiger partial charge in [0, 0.05) is 6.92 Å². The number of ketones is 1. The van der Waals surface area contributed by atoms with Crippen LogP contribution in [-0.4, -0.2) is 25.0 Å². The second kappa shape index (κ2) is 6.12. The van der Waals surface area contributed by atoms with Crippen LogP contribution in [0.25, 0.3) is 0 Å². The van der Waals surface area contributed by atoms with Crippen molar-refractivity contribution in [2.24, 2.45) is 0 Å². The molecule has 2 unspecified atom stereocenters. The maximum atomic E-state index is 12.9. The fourth-order valence-electron chi connectivity index (χ4n) is 2.68.